The summed E-state index contributed by atoms with van der Waals surface area (Å²) in [7, 11) is 0. The van der Waals surface area contributed by atoms with E-state index in [2.05, 4.69) is 15.3 Å². The van der Waals surface area contributed by atoms with E-state index in [1.165, 1.54) is 12.5 Å². The first-order chi connectivity index (χ1) is 10.1. The second-order valence-corrected chi connectivity index (χ2v) is 5.92. The monoisotopic (exact) mass is 292 g/mol. The fourth-order valence-electron chi connectivity index (χ4n) is 3.55. The quantitative estimate of drug-likeness (QED) is 0.668. The van der Waals surface area contributed by atoms with E-state index in [0.717, 1.165) is 38.8 Å². The smallest absolute Gasteiger partial charge is 0.326 e. The van der Waals surface area contributed by atoms with Crippen molar-refractivity contribution in [3.8, 4) is 0 Å². The van der Waals surface area contributed by atoms with Gasteiger partial charge in [-0.05, 0) is 12.8 Å². The fraction of sp³-hybridized carbons (Fsp3) is 0.643. The summed E-state index contributed by atoms with van der Waals surface area (Å²) < 4.78 is 0. The van der Waals surface area contributed by atoms with Crippen LogP contribution in [0, 0.1) is 0 Å². The maximum absolute atomic E-state index is 12.8. The minimum atomic E-state index is -0.640. The number of amides is 1. The Bertz CT molecular complexity index is 606. The average molecular weight is 292 g/mol. The molecule has 7 heteroatoms. The Morgan fingerprint density at radius 1 is 1.14 bits per heavy atom. The van der Waals surface area contributed by atoms with Crippen LogP contribution < -0.4 is 16.6 Å². The van der Waals surface area contributed by atoms with Crippen molar-refractivity contribution in [3.63, 3.8) is 0 Å². The van der Waals surface area contributed by atoms with Gasteiger partial charge in [-0.2, -0.15) is 0 Å². The molecule has 2 heterocycles. The van der Waals surface area contributed by atoms with Crippen molar-refractivity contribution >= 4 is 5.91 Å². The number of carbonyl (C=O) groups excluding carboxylic acids is 1. The zero-order chi connectivity index (χ0) is 14.9. The van der Waals surface area contributed by atoms with Crippen LogP contribution >= 0.6 is 0 Å². The van der Waals surface area contributed by atoms with Gasteiger partial charge in [-0.15, -0.1) is 0 Å². The molecule has 0 bridgehead atoms. The van der Waals surface area contributed by atoms with Crippen LogP contribution in [0.4, 0.5) is 0 Å². The summed E-state index contributed by atoms with van der Waals surface area (Å²) in [5, 5.41) is 3.37. The summed E-state index contributed by atoms with van der Waals surface area (Å²) in [5.74, 6) is -0.249. The lowest BCUT2D eigenvalue weighted by atomic mass is 9.79. The Morgan fingerprint density at radius 3 is 2.62 bits per heavy atom. The predicted molar refractivity (Wildman–Crippen MR) is 77.4 cm³/mol. The third-order valence-corrected chi connectivity index (χ3v) is 4.56. The lowest BCUT2D eigenvalue weighted by molar-refractivity contribution is 0.0217. The van der Waals surface area contributed by atoms with Gasteiger partial charge in [0.1, 0.15) is 5.69 Å². The molecule has 1 amide bonds. The molecule has 3 N–H and O–H groups in total. The standard InChI is InChI=1S/C14H20N4O3/c19-11-8-10(16-13(21)17-11)12(20)18-7-6-15-9-14(18)4-2-1-3-5-14/h8,15H,1-7,9H2,(H2,16,17,19,21). The van der Waals surface area contributed by atoms with Gasteiger partial charge in [-0.1, -0.05) is 19.3 Å². The van der Waals surface area contributed by atoms with Gasteiger partial charge in [-0.3, -0.25) is 14.6 Å². The van der Waals surface area contributed by atoms with Gasteiger partial charge >= 0.3 is 5.69 Å². The molecule has 1 aromatic rings. The number of piperazine rings is 1. The van der Waals surface area contributed by atoms with E-state index in [4.69, 9.17) is 0 Å². The molecular formula is C14H20N4O3. The summed E-state index contributed by atoms with van der Waals surface area (Å²) >= 11 is 0. The van der Waals surface area contributed by atoms with Crippen molar-refractivity contribution in [2.24, 2.45) is 0 Å². The van der Waals surface area contributed by atoms with E-state index in [0.29, 0.717) is 6.54 Å². The van der Waals surface area contributed by atoms with E-state index in [-0.39, 0.29) is 17.1 Å². The van der Waals surface area contributed by atoms with Gasteiger partial charge in [0, 0.05) is 25.7 Å². The number of nitrogens with one attached hydrogen (secondary N) is 3. The van der Waals surface area contributed by atoms with Crippen LogP contribution in [0.5, 0.6) is 0 Å². The van der Waals surface area contributed by atoms with Crippen molar-refractivity contribution in [1.82, 2.24) is 20.2 Å². The molecule has 21 heavy (non-hydrogen) atoms. The summed E-state index contributed by atoms with van der Waals surface area (Å²) in [6.07, 6.45) is 5.36. The number of nitrogens with zero attached hydrogens (tertiary/aromatic N) is 1. The number of rotatable bonds is 1. The number of aromatic amines is 2. The second-order valence-electron chi connectivity index (χ2n) is 5.92. The molecule has 1 saturated heterocycles. The topological polar surface area (TPSA) is 98.1 Å². The van der Waals surface area contributed by atoms with Gasteiger partial charge < -0.3 is 15.2 Å². The molecule has 0 aromatic carbocycles. The number of hydrogen-bond donors (Lipinski definition) is 3. The Morgan fingerprint density at radius 2 is 1.90 bits per heavy atom. The van der Waals surface area contributed by atoms with E-state index in [9.17, 15) is 14.4 Å². The van der Waals surface area contributed by atoms with E-state index >= 15 is 0 Å². The Balaban J connectivity index is 1.94. The maximum Gasteiger partial charge on any atom is 0.326 e. The first kappa shape index (κ1) is 14.1. The zero-order valence-corrected chi connectivity index (χ0v) is 11.9. The van der Waals surface area contributed by atoms with E-state index in [1.807, 2.05) is 4.90 Å². The Kier molecular flexibility index (Phi) is 3.67. The summed E-state index contributed by atoms with van der Waals surface area (Å²) in [4.78, 5) is 41.9. The molecule has 0 unspecified atom stereocenters. The molecule has 1 aliphatic heterocycles. The summed E-state index contributed by atoms with van der Waals surface area (Å²) in [6, 6.07) is 1.17. The third kappa shape index (κ3) is 2.65. The molecule has 1 aliphatic carbocycles. The van der Waals surface area contributed by atoms with Crippen molar-refractivity contribution in [2.75, 3.05) is 19.6 Å². The molecule has 1 saturated carbocycles. The highest BCUT2D eigenvalue weighted by atomic mass is 16.2. The van der Waals surface area contributed by atoms with Crippen LogP contribution in [0.3, 0.4) is 0 Å². The SMILES string of the molecule is O=C(c1cc(=O)[nH]c(=O)[nH]1)N1CCNCC12CCCCC2. The van der Waals surface area contributed by atoms with Crippen molar-refractivity contribution in [2.45, 2.75) is 37.6 Å². The molecule has 3 rings (SSSR count). The average Bonchev–Trinajstić information content (AvgIpc) is 2.47. The van der Waals surface area contributed by atoms with Crippen LogP contribution in [-0.2, 0) is 0 Å². The van der Waals surface area contributed by atoms with Crippen LogP contribution in [0.2, 0.25) is 0 Å². The van der Waals surface area contributed by atoms with Crippen LogP contribution in [0.25, 0.3) is 0 Å². The van der Waals surface area contributed by atoms with Gasteiger partial charge in [0.2, 0.25) is 0 Å². The largest absolute Gasteiger partial charge is 0.329 e. The Labute approximate surface area is 121 Å². The number of carbonyl (C=O) groups is 1. The number of H-pyrrole nitrogens is 2. The molecule has 0 radical (unpaired) electrons. The van der Waals surface area contributed by atoms with Crippen molar-refractivity contribution in [3.05, 3.63) is 32.6 Å². The second kappa shape index (κ2) is 5.48. The van der Waals surface area contributed by atoms with Crippen molar-refractivity contribution in [1.29, 1.82) is 0 Å². The van der Waals surface area contributed by atoms with Gasteiger partial charge in [0.25, 0.3) is 11.5 Å². The first-order valence-electron chi connectivity index (χ1n) is 7.47. The zero-order valence-electron chi connectivity index (χ0n) is 11.9. The molecule has 2 aliphatic rings. The highest BCUT2D eigenvalue weighted by molar-refractivity contribution is 5.92. The third-order valence-electron chi connectivity index (χ3n) is 4.56. The highest BCUT2D eigenvalue weighted by Crippen LogP contribution is 2.35. The normalized spacial score (nSPS) is 21.4. The van der Waals surface area contributed by atoms with Crippen molar-refractivity contribution < 1.29 is 4.79 Å². The lowest BCUT2D eigenvalue weighted by Gasteiger charge is -2.49. The highest BCUT2D eigenvalue weighted by Gasteiger charge is 2.42. The number of aromatic nitrogens is 2. The molecule has 1 spiro atoms. The number of hydrogen-bond acceptors (Lipinski definition) is 4. The minimum Gasteiger partial charge on any atom is -0.329 e. The summed E-state index contributed by atoms with van der Waals surface area (Å²) in [6.45, 7) is 2.13. The molecule has 2 fully saturated rings. The molecular weight excluding hydrogens is 272 g/mol. The van der Waals surface area contributed by atoms with E-state index < -0.39 is 11.2 Å². The Hall–Kier alpha value is -1.89. The first-order valence-corrected chi connectivity index (χ1v) is 7.47. The molecule has 114 valence electrons. The van der Waals surface area contributed by atoms with Gasteiger partial charge in [-0.25, -0.2) is 4.79 Å². The predicted octanol–water partition coefficient (Wildman–Crippen LogP) is -0.188. The summed E-state index contributed by atoms with van der Waals surface area (Å²) in [5.41, 5.74) is -1.28. The molecule has 0 atom stereocenters. The van der Waals surface area contributed by atoms with E-state index in [1.54, 1.807) is 0 Å². The van der Waals surface area contributed by atoms with Crippen LogP contribution in [0.1, 0.15) is 42.6 Å². The van der Waals surface area contributed by atoms with Gasteiger partial charge in [0.15, 0.2) is 0 Å². The molecule has 7 nitrogen and oxygen atoms in total. The lowest BCUT2D eigenvalue weighted by Crippen LogP contribution is -2.63. The maximum atomic E-state index is 12.8. The van der Waals surface area contributed by atoms with Gasteiger partial charge in [0.05, 0.1) is 5.54 Å². The minimum absolute atomic E-state index is 0.0793. The fourth-order valence-corrected chi connectivity index (χ4v) is 3.55. The van der Waals surface area contributed by atoms with Crippen LogP contribution in [-0.4, -0.2) is 45.9 Å². The molecule has 1 aromatic heterocycles. The van der Waals surface area contributed by atoms with Crippen LogP contribution in [0.15, 0.2) is 15.7 Å².